The second-order valence-electron chi connectivity index (χ2n) is 5.63. The van der Waals surface area contributed by atoms with Crippen molar-refractivity contribution < 1.29 is 43.0 Å². The molecule has 0 aliphatic rings. The third kappa shape index (κ3) is 7.90. The Morgan fingerprint density at radius 3 is 2.17 bits per heavy atom. The molecule has 2 aromatic rings. The molecule has 0 bridgehead atoms. The van der Waals surface area contributed by atoms with Gasteiger partial charge in [0.25, 0.3) is 6.47 Å². The molecule has 0 amide bonds. The highest BCUT2D eigenvalue weighted by molar-refractivity contribution is 7.46. The van der Waals surface area contributed by atoms with Crippen molar-refractivity contribution in [2.45, 2.75) is 32.3 Å². The Labute approximate surface area is 175 Å². The van der Waals surface area contributed by atoms with Crippen LogP contribution < -0.4 is 0 Å². The highest BCUT2D eigenvalue weighted by Gasteiger charge is 2.36. The van der Waals surface area contributed by atoms with Crippen molar-refractivity contribution in [3.8, 4) is 0 Å². The normalized spacial score (nSPS) is 14.6. The van der Waals surface area contributed by atoms with Gasteiger partial charge in [0.2, 0.25) is 0 Å². The van der Waals surface area contributed by atoms with Crippen molar-refractivity contribution in [2.24, 2.45) is 0 Å². The van der Waals surface area contributed by atoms with Gasteiger partial charge in [-0.3, -0.25) is 9.32 Å². The number of phosphoric acid groups is 1. The van der Waals surface area contributed by atoms with Gasteiger partial charge >= 0.3 is 7.82 Å². The molecule has 0 spiro atoms. The van der Waals surface area contributed by atoms with Crippen LogP contribution in [-0.4, -0.2) is 40.2 Å². The molecular weight excluding hydrogens is 443 g/mol. The number of carbonyl (C=O) groups is 1. The maximum Gasteiger partial charge on any atom is 0.470 e. The third-order valence-corrected chi connectivity index (χ3v) is 5.80. The molecule has 29 heavy (non-hydrogen) atoms. The first-order chi connectivity index (χ1) is 13.8. The Kier molecular flexibility index (Phi) is 9.31. The number of thiophene rings is 2. The molecule has 0 aliphatic heterocycles. The van der Waals surface area contributed by atoms with Crippen molar-refractivity contribution in [1.82, 2.24) is 0 Å². The van der Waals surface area contributed by atoms with Gasteiger partial charge in [-0.25, -0.2) is 4.57 Å². The number of carbonyl (C=O) groups excluding carboxylic acids is 1. The van der Waals surface area contributed by atoms with Gasteiger partial charge in [-0.05, 0) is 29.8 Å². The van der Waals surface area contributed by atoms with Gasteiger partial charge in [0.1, 0.15) is 25.1 Å². The van der Waals surface area contributed by atoms with E-state index in [9.17, 15) is 14.5 Å². The van der Waals surface area contributed by atoms with Gasteiger partial charge in [0, 0.05) is 9.75 Å². The molecular formula is C17H21O9PS2. The van der Waals surface area contributed by atoms with Gasteiger partial charge in [0.15, 0.2) is 11.9 Å². The predicted octanol–water partition coefficient (Wildman–Crippen LogP) is 2.79. The van der Waals surface area contributed by atoms with Crippen molar-refractivity contribution in [1.29, 1.82) is 0 Å². The first-order valence-electron chi connectivity index (χ1n) is 8.29. The van der Waals surface area contributed by atoms with E-state index in [4.69, 9.17) is 24.0 Å². The topological polar surface area (TPSA) is 132 Å². The molecule has 2 rings (SSSR count). The van der Waals surface area contributed by atoms with Gasteiger partial charge in [-0.15, -0.1) is 22.7 Å². The van der Waals surface area contributed by atoms with Crippen LogP contribution in [0.2, 0.25) is 0 Å². The van der Waals surface area contributed by atoms with E-state index < -0.39 is 26.6 Å². The van der Waals surface area contributed by atoms with Crippen LogP contribution in [0.25, 0.3) is 0 Å². The molecule has 2 atom stereocenters. The van der Waals surface area contributed by atoms with Crippen LogP contribution in [0.15, 0.2) is 46.5 Å². The maximum absolute atomic E-state index is 11.3. The number of rotatable bonds is 13. The Bertz CT molecular complexity index is 814. The molecule has 12 heteroatoms. The van der Waals surface area contributed by atoms with Gasteiger partial charge in [-0.1, -0.05) is 12.1 Å². The summed E-state index contributed by atoms with van der Waals surface area (Å²) < 4.78 is 32.3. The van der Waals surface area contributed by atoms with E-state index in [1.807, 2.05) is 35.0 Å². The lowest BCUT2D eigenvalue weighted by Crippen LogP contribution is -2.37. The van der Waals surface area contributed by atoms with Crippen LogP contribution in [0.3, 0.4) is 0 Å². The Morgan fingerprint density at radius 1 is 1.14 bits per heavy atom. The fourth-order valence-corrected chi connectivity index (χ4v) is 4.07. The molecule has 3 N–H and O–H groups in total. The van der Waals surface area contributed by atoms with E-state index in [1.54, 1.807) is 6.92 Å². The predicted molar refractivity (Wildman–Crippen MR) is 106 cm³/mol. The van der Waals surface area contributed by atoms with Crippen molar-refractivity contribution in [3.63, 3.8) is 0 Å². The van der Waals surface area contributed by atoms with E-state index in [0.717, 1.165) is 9.75 Å². The molecule has 2 heterocycles. The summed E-state index contributed by atoms with van der Waals surface area (Å²) in [4.78, 5) is 31.1. The van der Waals surface area contributed by atoms with Crippen LogP contribution in [-0.2, 0) is 41.3 Å². The minimum absolute atomic E-state index is 0.0189. The summed E-state index contributed by atoms with van der Waals surface area (Å²) >= 11 is 2.92. The average molecular weight is 464 g/mol. The summed E-state index contributed by atoms with van der Waals surface area (Å²) in [7, 11) is -4.98. The van der Waals surface area contributed by atoms with Crippen LogP contribution in [0.4, 0.5) is 0 Å². The second-order valence-corrected chi connectivity index (χ2v) is 8.88. The Hall–Kier alpha value is -1.72. The molecule has 0 aliphatic carbocycles. The van der Waals surface area contributed by atoms with Crippen molar-refractivity contribution in [2.75, 3.05) is 6.61 Å². The van der Waals surface area contributed by atoms with E-state index in [1.165, 1.54) is 22.7 Å². The molecule has 0 aromatic carbocycles. The van der Waals surface area contributed by atoms with Crippen LogP contribution in [0.1, 0.15) is 16.7 Å². The number of aliphatic hydroxyl groups is 1. The summed E-state index contributed by atoms with van der Waals surface area (Å²) in [6.07, 6.45) is -3.01. The smallest absolute Gasteiger partial charge is 0.470 e. The van der Waals surface area contributed by atoms with E-state index in [2.05, 4.69) is 4.52 Å². The zero-order valence-corrected chi connectivity index (χ0v) is 17.9. The molecule has 9 nitrogen and oxygen atoms in total. The quantitative estimate of drug-likeness (QED) is 0.233. The van der Waals surface area contributed by atoms with Crippen molar-refractivity contribution in [3.05, 3.63) is 56.3 Å². The molecule has 2 aromatic heterocycles. The molecule has 0 radical (unpaired) electrons. The highest BCUT2D eigenvalue weighted by atomic mass is 32.1. The minimum Gasteiger partial charge on any atom is -0.489 e. The van der Waals surface area contributed by atoms with E-state index >= 15 is 0 Å². The summed E-state index contributed by atoms with van der Waals surface area (Å²) in [6.45, 7) is 1.11. The first-order valence-corrected chi connectivity index (χ1v) is 11.6. The average Bonchev–Trinajstić information content (AvgIpc) is 3.37. The van der Waals surface area contributed by atoms with Crippen LogP contribution in [0.5, 0.6) is 0 Å². The van der Waals surface area contributed by atoms with Gasteiger partial charge in [-0.2, -0.15) is 0 Å². The zero-order chi connectivity index (χ0) is 21.3. The number of hydrogen-bond donors (Lipinski definition) is 3. The fraction of sp³-hybridized carbons (Fsp3) is 0.353. The first kappa shape index (κ1) is 23.6. The Balaban J connectivity index is 2.29. The van der Waals surface area contributed by atoms with E-state index in [0.29, 0.717) is 0 Å². The molecule has 0 saturated carbocycles. The Morgan fingerprint density at radius 2 is 1.72 bits per heavy atom. The molecule has 0 saturated heterocycles. The third-order valence-electron chi connectivity index (χ3n) is 3.56. The van der Waals surface area contributed by atoms with Gasteiger partial charge in [0.05, 0.1) is 6.61 Å². The minimum atomic E-state index is -4.98. The summed E-state index contributed by atoms with van der Waals surface area (Å²) in [5.41, 5.74) is 0. The maximum atomic E-state index is 11.3. The number of phosphoric ester groups is 1. The molecule has 0 fully saturated rings. The lowest BCUT2D eigenvalue weighted by Gasteiger charge is -2.27. The zero-order valence-electron chi connectivity index (χ0n) is 15.4. The van der Waals surface area contributed by atoms with Crippen LogP contribution >= 0.6 is 30.5 Å². The van der Waals surface area contributed by atoms with E-state index in [-0.39, 0.29) is 31.2 Å². The summed E-state index contributed by atoms with van der Waals surface area (Å²) in [6, 6.07) is 7.40. The summed E-state index contributed by atoms with van der Waals surface area (Å²) in [5, 5.41) is 13.3. The molecule has 2 unspecified atom stereocenters. The fourth-order valence-electron chi connectivity index (χ4n) is 2.31. The monoisotopic (exact) mass is 464 g/mol. The second kappa shape index (κ2) is 11.5. The summed E-state index contributed by atoms with van der Waals surface area (Å²) in [5.74, 6) is 0.198. The van der Waals surface area contributed by atoms with Gasteiger partial charge < -0.3 is 29.1 Å². The SMILES string of the molecule is CC(OCc1cccs1)=C(OCc1cccs1)C(OC=O)C(CO)OP(=O)(O)O. The largest absolute Gasteiger partial charge is 0.489 e. The standard InChI is InChI=1S/C17H21O9PS2/c1-12(23-9-13-4-2-6-28-13)16(24-10-14-5-3-7-29-14)17(25-11-19)15(8-18)26-27(20,21)22/h2-7,11,15,17-18H,8-10H2,1H3,(H2,20,21,22). The number of aliphatic hydroxyl groups excluding tert-OH is 1. The number of allylic oxidation sites excluding steroid dienone is 1. The number of ether oxygens (including phenoxy) is 3. The highest BCUT2D eigenvalue weighted by Crippen LogP contribution is 2.39. The molecule has 160 valence electrons. The van der Waals surface area contributed by atoms with Crippen molar-refractivity contribution >= 4 is 37.0 Å². The lowest BCUT2D eigenvalue weighted by atomic mass is 10.1. The number of hydrogen-bond acceptors (Lipinski definition) is 9. The van der Waals surface area contributed by atoms with Crippen LogP contribution in [0, 0.1) is 0 Å². The lowest BCUT2D eigenvalue weighted by molar-refractivity contribution is -0.141.